The van der Waals surface area contributed by atoms with Crippen LogP contribution >= 0.6 is 11.3 Å². The Kier molecular flexibility index (Phi) is 8.52. The first-order valence-electron chi connectivity index (χ1n) is 13.0. The van der Waals surface area contributed by atoms with Crippen LogP contribution in [0.3, 0.4) is 0 Å². The Hall–Kier alpha value is -3.65. The van der Waals surface area contributed by atoms with Crippen molar-refractivity contribution in [3.05, 3.63) is 90.1 Å². The van der Waals surface area contributed by atoms with E-state index in [2.05, 4.69) is 31.0 Å². The highest BCUT2D eigenvalue weighted by molar-refractivity contribution is 7.07. The van der Waals surface area contributed by atoms with Crippen molar-refractivity contribution < 1.29 is 19.0 Å². The Morgan fingerprint density at radius 2 is 1.71 bits per heavy atom. The lowest BCUT2D eigenvalue weighted by atomic mass is 9.95. The highest BCUT2D eigenvalue weighted by Crippen LogP contribution is 2.36. The van der Waals surface area contributed by atoms with Gasteiger partial charge in [0, 0.05) is 0 Å². The minimum atomic E-state index is -0.717. The van der Waals surface area contributed by atoms with Gasteiger partial charge in [0.25, 0.3) is 5.56 Å². The maximum absolute atomic E-state index is 13.8. The van der Waals surface area contributed by atoms with Crippen molar-refractivity contribution in [2.75, 3.05) is 19.8 Å². The molecule has 1 aliphatic heterocycles. The van der Waals surface area contributed by atoms with Crippen LogP contribution in [0.2, 0.25) is 0 Å². The number of rotatable bonds is 9. The number of thiazole rings is 1. The van der Waals surface area contributed by atoms with Gasteiger partial charge in [-0.3, -0.25) is 9.36 Å². The molecule has 0 fully saturated rings. The lowest BCUT2D eigenvalue weighted by Crippen LogP contribution is -2.40. The molecular formula is C30H34N2O5S. The SMILES string of the molecule is CCOC(=O)C1=C(C)N=c2s/c(=C\c3ccc(C(C)C)cc3)c(=O)n2[C@H]1c1ccc(OCC)c(OCC)c1. The first kappa shape index (κ1) is 27.4. The molecule has 7 nitrogen and oxygen atoms in total. The summed E-state index contributed by atoms with van der Waals surface area (Å²) in [5, 5.41) is 0. The summed E-state index contributed by atoms with van der Waals surface area (Å²) in [6, 6.07) is 13.0. The summed E-state index contributed by atoms with van der Waals surface area (Å²) in [6.45, 7) is 12.8. The first-order chi connectivity index (χ1) is 18.3. The van der Waals surface area contributed by atoms with Crippen molar-refractivity contribution in [3.63, 3.8) is 0 Å². The zero-order chi connectivity index (χ0) is 27.4. The van der Waals surface area contributed by atoms with E-state index < -0.39 is 12.0 Å². The molecule has 0 saturated heterocycles. The van der Waals surface area contributed by atoms with Crippen LogP contribution in [0.25, 0.3) is 6.08 Å². The van der Waals surface area contributed by atoms with Crippen molar-refractivity contribution >= 4 is 23.4 Å². The molecular weight excluding hydrogens is 500 g/mol. The number of allylic oxidation sites excluding steroid dienone is 1. The molecule has 0 saturated carbocycles. The molecule has 0 aliphatic carbocycles. The third-order valence-electron chi connectivity index (χ3n) is 6.30. The van der Waals surface area contributed by atoms with Gasteiger partial charge in [-0.05, 0) is 68.5 Å². The predicted molar refractivity (Wildman–Crippen MR) is 150 cm³/mol. The maximum Gasteiger partial charge on any atom is 0.338 e. The lowest BCUT2D eigenvalue weighted by molar-refractivity contribution is -0.139. The van der Waals surface area contributed by atoms with E-state index in [4.69, 9.17) is 14.2 Å². The highest BCUT2D eigenvalue weighted by atomic mass is 32.1. The second-order valence-electron chi connectivity index (χ2n) is 9.20. The second-order valence-corrected chi connectivity index (χ2v) is 10.2. The molecule has 38 heavy (non-hydrogen) atoms. The van der Waals surface area contributed by atoms with Gasteiger partial charge in [-0.2, -0.15) is 0 Å². The van der Waals surface area contributed by atoms with E-state index in [1.807, 2.05) is 50.3 Å². The number of aromatic nitrogens is 1. The first-order valence-corrected chi connectivity index (χ1v) is 13.8. The molecule has 1 aliphatic rings. The number of hydrogen-bond acceptors (Lipinski definition) is 7. The third kappa shape index (κ3) is 5.45. The summed E-state index contributed by atoms with van der Waals surface area (Å²) >= 11 is 1.31. The molecule has 1 atom stereocenters. The monoisotopic (exact) mass is 534 g/mol. The van der Waals surface area contributed by atoms with Gasteiger partial charge in [-0.15, -0.1) is 0 Å². The van der Waals surface area contributed by atoms with E-state index in [0.29, 0.717) is 56.8 Å². The molecule has 4 rings (SSSR count). The fourth-order valence-electron chi connectivity index (χ4n) is 4.47. The van der Waals surface area contributed by atoms with E-state index in [0.717, 1.165) is 5.56 Å². The lowest BCUT2D eigenvalue weighted by Gasteiger charge is -2.25. The van der Waals surface area contributed by atoms with Crippen molar-refractivity contribution in [3.8, 4) is 11.5 Å². The van der Waals surface area contributed by atoms with Crippen LogP contribution in [-0.4, -0.2) is 30.4 Å². The number of carbonyl (C=O) groups is 1. The molecule has 2 aromatic carbocycles. The number of ether oxygens (including phenoxy) is 3. The summed E-state index contributed by atoms with van der Waals surface area (Å²) in [6.07, 6.45) is 1.87. The van der Waals surface area contributed by atoms with Crippen molar-refractivity contribution in [1.29, 1.82) is 0 Å². The summed E-state index contributed by atoms with van der Waals surface area (Å²) in [5.74, 6) is 1.09. The van der Waals surface area contributed by atoms with Crippen molar-refractivity contribution in [1.82, 2.24) is 4.57 Å². The van der Waals surface area contributed by atoms with Crippen LogP contribution in [0.1, 0.15) is 70.2 Å². The number of fused-ring (bicyclic) bond motifs is 1. The fourth-order valence-corrected chi connectivity index (χ4v) is 5.52. The number of hydrogen-bond donors (Lipinski definition) is 0. The van der Waals surface area contributed by atoms with Crippen LogP contribution in [0.5, 0.6) is 11.5 Å². The molecule has 0 unspecified atom stereocenters. The number of carbonyl (C=O) groups excluding carboxylic acids is 1. The Bertz CT molecular complexity index is 1530. The number of benzene rings is 2. The van der Waals surface area contributed by atoms with E-state index >= 15 is 0 Å². The van der Waals surface area contributed by atoms with Crippen LogP contribution in [0.15, 0.2) is 63.5 Å². The highest BCUT2D eigenvalue weighted by Gasteiger charge is 2.34. The van der Waals surface area contributed by atoms with Crippen LogP contribution in [0, 0.1) is 0 Å². The minimum Gasteiger partial charge on any atom is -0.490 e. The molecule has 0 radical (unpaired) electrons. The summed E-state index contributed by atoms with van der Waals surface area (Å²) in [7, 11) is 0. The Balaban J connectivity index is 1.91. The van der Waals surface area contributed by atoms with Crippen LogP contribution in [-0.2, 0) is 9.53 Å². The topological polar surface area (TPSA) is 79.1 Å². The van der Waals surface area contributed by atoms with Gasteiger partial charge in [-0.25, -0.2) is 9.79 Å². The zero-order valence-electron chi connectivity index (χ0n) is 22.7. The summed E-state index contributed by atoms with van der Waals surface area (Å²) < 4.78 is 19.1. The Labute approximate surface area is 226 Å². The van der Waals surface area contributed by atoms with Gasteiger partial charge in [0.15, 0.2) is 16.3 Å². The Morgan fingerprint density at radius 1 is 1.03 bits per heavy atom. The average molecular weight is 535 g/mol. The number of nitrogens with zero attached hydrogens (tertiary/aromatic N) is 2. The maximum atomic E-state index is 13.8. The van der Waals surface area contributed by atoms with Crippen LogP contribution < -0.4 is 24.4 Å². The van der Waals surface area contributed by atoms with Gasteiger partial charge in [0.1, 0.15) is 0 Å². The quantitative estimate of drug-likeness (QED) is 0.371. The van der Waals surface area contributed by atoms with E-state index in [9.17, 15) is 9.59 Å². The largest absolute Gasteiger partial charge is 0.490 e. The van der Waals surface area contributed by atoms with Gasteiger partial charge in [0.05, 0.1) is 41.7 Å². The molecule has 8 heteroatoms. The number of esters is 1. The molecule has 3 aromatic rings. The molecule has 2 heterocycles. The molecule has 1 aromatic heterocycles. The summed E-state index contributed by atoms with van der Waals surface area (Å²) in [4.78, 5) is 32.2. The molecule has 0 bridgehead atoms. The van der Waals surface area contributed by atoms with Crippen molar-refractivity contribution in [2.45, 2.75) is 53.5 Å². The van der Waals surface area contributed by atoms with Gasteiger partial charge in [-0.1, -0.05) is 55.5 Å². The average Bonchev–Trinajstić information content (AvgIpc) is 3.19. The Morgan fingerprint density at radius 3 is 2.34 bits per heavy atom. The minimum absolute atomic E-state index is 0.215. The molecule has 0 amide bonds. The van der Waals surface area contributed by atoms with Gasteiger partial charge < -0.3 is 14.2 Å². The zero-order valence-corrected chi connectivity index (χ0v) is 23.6. The fraction of sp³-hybridized carbons (Fsp3) is 0.367. The molecule has 200 valence electrons. The summed E-state index contributed by atoms with van der Waals surface area (Å²) in [5.41, 5.74) is 3.51. The normalized spacial score (nSPS) is 15.3. The van der Waals surface area contributed by atoms with E-state index in [1.165, 1.54) is 16.9 Å². The second kappa shape index (κ2) is 11.8. The molecule has 0 spiro atoms. The third-order valence-corrected chi connectivity index (χ3v) is 7.28. The predicted octanol–water partition coefficient (Wildman–Crippen LogP) is 4.72. The van der Waals surface area contributed by atoms with E-state index in [-0.39, 0.29) is 12.2 Å². The standard InChI is InChI=1S/C30H34N2O5S/c1-7-35-23-15-14-22(17-24(23)36-8-2)27-26(29(34)37-9-3)19(6)31-30-32(27)28(33)25(38-30)16-20-10-12-21(13-11-20)18(4)5/h10-18,27H,7-9H2,1-6H3/b25-16-/t27-/m0/s1. The van der Waals surface area contributed by atoms with E-state index in [1.54, 1.807) is 18.4 Å². The van der Waals surface area contributed by atoms with Gasteiger partial charge in [0.2, 0.25) is 0 Å². The van der Waals surface area contributed by atoms with Gasteiger partial charge >= 0.3 is 5.97 Å². The smallest absolute Gasteiger partial charge is 0.338 e. The molecule has 0 N–H and O–H groups in total. The van der Waals surface area contributed by atoms with Crippen LogP contribution in [0.4, 0.5) is 0 Å². The van der Waals surface area contributed by atoms with Crippen molar-refractivity contribution in [2.24, 2.45) is 4.99 Å².